The second-order valence-electron chi connectivity index (χ2n) is 6.34. The number of carbonyl (C=O) groups excluding carboxylic acids is 1. The van der Waals surface area contributed by atoms with Crippen molar-refractivity contribution in [3.8, 4) is 0 Å². The first-order chi connectivity index (χ1) is 13.0. The lowest BCUT2D eigenvalue weighted by atomic mass is 10.1. The predicted molar refractivity (Wildman–Crippen MR) is 98.5 cm³/mol. The van der Waals surface area contributed by atoms with E-state index in [9.17, 15) is 19.3 Å². The second-order valence-corrected chi connectivity index (χ2v) is 6.34. The molecule has 0 atom stereocenters. The number of halogens is 1. The van der Waals surface area contributed by atoms with Gasteiger partial charge in [-0.2, -0.15) is 5.10 Å². The summed E-state index contributed by atoms with van der Waals surface area (Å²) in [4.78, 5) is 25.2. The first-order valence-electron chi connectivity index (χ1n) is 8.52. The van der Waals surface area contributed by atoms with E-state index in [1.165, 1.54) is 24.3 Å². The van der Waals surface area contributed by atoms with Crippen LogP contribution in [0.2, 0.25) is 0 Å². The average molecular weight is 369 g/mol. The number of anilines is 2. The van der Waals surface area contributed by atoms with Gasteiger partial charge in [0.05, 0.1) is 16.1 Å². The Bertz CT molecular complexity index is 1040. The molecule has 8 nitrogen and oxygen atoms in total. The van der Waals surface area contributed by atoms with Crippen LogP contribution in [0.1, 0.15) is 23.3 Å². The van der Waals surface area contributed by atoms with E-state index in [0.717, 1.165) is 25.9 Å². The number of aromatic amines is 1. The maximum atomic E-state index is 14.4. The van der Waals surface area contributed by atoms with E-state index >= 15 is 0 Å². The van der Waals surface area contributed by atoms with Crippen LogP contribution in [-0.4, -0.2) is 34.1 Å². The summed E-state index contributed by atoms with van der Waals surface area (Å²) in [5.41, 5.74) is 1.02. The number of para-hydroxylation sites is 1. The highest BCUT2D eigenvalue weighted by molar-refractivity contribution is 6.12. The van der Waals surface area contributed by atoms with Gasteiger partial charge in [-0.3, -0.25) is 20.0 Å². The first-order valence-corrected chi connectivity index (χ1v) is 8.52. The lowest BCUT2D eigenvalue weighted by Gasteiger charge is -2.21. The van der Waals surface area contributed by atoms with Crippen molar-refractivity contribution in [2.75, 3.05) is 23.3 Å². The number of nitrogens with one attached hydrogen (secondary N) is 2. The molecule has 2 aromatic carbocycles. The number of carbonyl (C=O) groups is 1. The van der Waals surface area contributed by atoms with Crippen LogP contribution in [0.15, 0.2) is 36.4 Å². The Kier molecular flexibility index (Phi) is 4.19. The smallest absolute Gasteiger partial charge is 0.276 e. The molecule has 1 aliphatic rings. The topological polar surface area (TPSA) is 104 Å². The summed E-state index contributed by atoms with van der Waals surface area (Å²) in [6.45, 7) is 1.59. The van der Waals surface area contributed by atoms with Crippen molar-refractivity contribution >= 4 is 33.9 Å². The number of rotatable bonds is 4. The number of nitro groups is 1. The van der Waals surface area contributed by atoms with Crippen molar-refractivity contribution in [2.45, 2.75) is 12.8 Å². The Hall–Kier alpha value is -3.49. The summed E-state index contributed by atoms with van der Waals surface area (Å²) in [6.07, 6.45) is 2.02. The van der Waals surface area contributed by atoms with Crippen molar-refractivity contribution in [1.82, 2.24) is 10.2 Å². The number of non-ortho nitro benzene ring substituents is 1. The van der Waals surface area contributed by atoms with Crippen LogP contribution >= 0.6 is 0 Å². The Labute approximate surface area is 153 Å². The highest BCUT2D eigenvalue weighted by atomic mass is 19.1. The maximum Gasteiger partial charge on any atom is 0.276 e. The van der Waals surface area contributed by atoms with Crippen LogP contribution in [0.3, 0.4) is 0 Å². The minimum Gasteiger partial charge on any atom is -0.370 e. The first kappa shape index (κ1) is 17.0. The number of nitrogens with zero attached hydrogens (tertiary/aromatic N) is 3. The number of benzene rings is 2. The molecule has 0 saturated carbocycles. The Balaban J connectivity index is 1.70. The molecular weight excluding hydrogens is 353 g/mol. The molecule has 1 aromatic heterocycles. The monoisotopic (exact) mass is 369 g/mol. The highest BCUT2D eigenvalue weighted by Gasteiger charge is 2.22. The van der Waals surface area contributed by atoms with Gasteiger partial charge in [-0.25, -0.2) is 4.39 Å². The predicted octanol–water partition coefficient (Wildman–Crippen LogP) is 3.46. The molecule has 4 rings (SSSR count). The summed E-state index contributed by atoms with van der Waals surface area (Å²) < 4.78 is 14.4. The average Bonchev–Trinajstić information content (AvgIpc) is 3.32. The Morgan fingerprint density at radius 1 is 1.26 bits per heavy atom. The molecular formula is C18H16FN5O3. The molecule has 2 heterocycles. The zero-order valence-corrected chi connectivity index (χ0v) is 14.2. The largest absolute Gasteiger partial charge is 0.370 e. The van der Waals surface area contributed by atoms with Crippen molar-refractivity contribution in [3.05, 3.63) is 58.0 Å². The zero-order valence-electron chi connectivity index (χ0n) is 14.2. The van der Waals surface area contributed by atoms with Crippen molar-refractivity contribution in [1.29, 1.82) is 0 Å². The van der Waals surface area contributed by atoms with Crippen LogP contribution in [0.5, 0.6) is 0 Å². The van der Waals surface area contributed by atoms with Crippen LogP contribution in [0, 0.1) is 15.9 Å². The SMILES string of the molecule is O=C(Nc1c(F)cccc1N1CCCC1)c1n[nH]c2ccc([N+](=O)[O-])cc12. The summed E-state index contributed by atoms with van der Waals surface area (Å²) in [7, 11) is 0. The van der Waals surface area contributed by atoms with E-state index in [4.69, 9.17) is 0 Å². The van der Waals surface area contributed by atoms with Crippen molar-refractivity contribution in [2.24, 2.45) is 0 Å². The van der Waals surface area contributed by atoms with E-state index < -0.39 is 16.6 Å². The number of fused-ring (bicyclic) bond motifs is 1. The molecule has 3 aromatic rings. The van der Waals surface area contributed by atoms with E-state index in [0.29, 0.717) is 16.6 Å². The normalized spacial score (nSPS) is 13.9. The minimum absolute atomic E-state index is 0.0238. The molecule has 0 radical (unpaired) electrons. The van der Waals surface area contributed by atoms with Gasteiger partial charge in [-0.1, -0.05) is 6.07 Å². The molecule has 1 fully saturated rings. The molecule has 1 saturated heterocycles. The fraction of sp³-hybridized carbons (Fsp3) is 0.222. The van der Waals surface area contributed by atoms with Gasteiger partial charge in [0.1, 0.15) is 11.5 Å². The fourth-order valence-electron chi connectivity index (χ4n) is 3.32. The third kappa shape index (κ3) is 3.07. The fourth-order valence-corrected chi connectivity index (χ4v) is 3.32. The summed E-state index contributed by atoms with van der Waals surface area (Å²) >= 11 is 0. The van der Waals surface area contributed by atoms with Crippen LogP contribution < -0.4 is 10.2 Å². The minimum atomic E-state index is -0.632. The Morgan fingerprint density at radius 3 is 2.78 bits per heavy atom. The summed E-state index contributed by atoms with van der Waals surface area (Å²) in [6, 6.07) is 8.73. The second kappa shape index (κ2) is 6.67. The summed E-state index contributed by atoms with van der Waals surface area (Å²) in [5.74, 6) is -1.18. The van der Waals surface area contributed by atoms with Gasteiger partial charge in [-0.15, -0.1) is 0 Å². The number of nitro benzene ring substituents is 1. The number of hydrogen-bond donors (Lipinski definition) is 2. The zero-order chi connectivity index (χ0) is 19.0. The van der Waals surface area contributed by atoms with Crippen LogP contribution in [-0.2, 0) is 0 Å². The third-order valence-corrected chi connectivity index (χ3v) is 4.65. The lowest BCUT2D eigenvalue weighted by Crippen LogP contribution is -2.22. The molecule has 138 valence electrons. The maximum absolute atomic E-state index is 14.4. The molecule has 1 amide bonds. The molecule has 0 spiro atoms. The number of hydrogen-bond acceptors (Lipinski definition) is 5. The van der Waals surface area contributed by atoms with Gasteiger partial charge in [0.15, 0.2) is 5.69 Å². The van der Waals surface area contributed by atoms with Gasteiger partial charge in [-0.05, 0) is 31.0 Å². The molecule has 9 heteroatoms. The molecule has 27 heavy (non-hydrogen) atoms. The van der Waals surface area contributed by atoms with Crippen LogP contribution in [0.25, 0.3) is 10.9 Å². The van der Waals surface area contributed by atoms with E-state index in [2.05, 4.69) is 15.5 Å². The quantitative estimate of drug-likeness (QED) is 0.541. The summed E-state index contributed by atoms with van der Waals surface area (Å²) in [5, 5.41) is 20.5. The van der Waals surface area contributed by atoms with E-state index in [1.54, 1.807) is 12.1 Å². The molecule has 0 bridgehead atoms. The van der Waals surface area contributed by atoms with Gasteiger partial charge in [0.2, 0.25) is 0 Å². The molecule has 2 N–H and O–H groups in total. The molecule has 0 aliphatic carbocycles. The van der Waals surface area contributed by atoms with Gasteiger partial charge < -0.3 is 10.2 Å². The van der Waals surface area contributed by atoms with Gasteiger partial charge in [0.25, 0.3) is 11.6 Å². The van der Waals surface area contributed by atoms with Crippen molar-refractivity contribution in [3.63, 3.8) is 0 Å². The number of aromatic nitrogens is 2. The Morgan fingerprint density at radius 2 is 2.04 bits per heavy atom. The van der Waals surface area contributed by atoms with E-state index in [1.807, 2.05) is 4.90 Å². The number of H-pyrrole nitrogens is 1. The number of amides is 1. The van der Waals surface area contributed by atoms with Gasteiger partial charge in [0, 0.05) is 30.6 Å². The van der Waals surface area contributed by atoms with E-state index in [-0.39, 0.29) is 17.1 Å². The molecule has 0 unspecified atom stereocenters. The highest BCUT2D eigenvalue weighted by Crippen LogP contribution is 2.32. The van der Waals surface area contributed by atoms with Gasteiger partial charge >= 0.3 is 0 Å². The van der Waals surface area contributed by atoms with Crippen molar-refractivity contribution < 1.29 is 14.1 Å². The third-order valence-electron chi connectivity index (χ3n) is 4.65. The van der Waals surface area contributed by atoms with Crippen LogP contribution in [0.4, 0.5) is 21.5 Å². The standard InChI is InChI=1S/C18H16FN5O3/c19-13-4-3-5-15(23-8-1-2-9-23)17(13)20-18(25)16-12-10-11(24(26)27)6-7-14(12)21-22-16/h3-7,10H,1-2,8-9H2,(H,20,25)(H,21,22). The molecule has 1 aliphatic heterocycles. The lowest BCUT2D eigenvalue weighted by molar-refractivity contribution is -0.384.